The van der Waals surface area contributed by atoms with Gasteiger partial charge < -0.3 is 64.1 Å². The molecule has 0 aromatic heterocycles. The number of carbonyl (C=O) groups excluding carboxylic acids is 3. The van der Waals surface area contributed by atoms with Gasteiger partial charge >= 0.3 is 17.4 Å². The molecule has 0 rings (SSSR count). The Labute approximate surface area is 160 Å². The van der Waals surface area contributed by atoms with Crippen LogP contribution in [0.25, 0.3) is 0 Å². The van der Waals surface area contributed by atoms with E-state index in [1.54, 1.807) is 0 Å². The van der Waals surface area contributed by atoms with Crippen LogP contribution in [0, 0.1) is 0 Å². The van der Waals surface area contributed by atoms with Crippen LogP contribution < -0.4 is 49.7 Å². The van der Waals surface area contributed by atoms with E-state index >= 15 is 0 Å². The molecule has 0 aliphatic carbocycles. The zero-order valence-corrected chi connectivity index (χ0v) is 16.3. The summed E-state index contributed by atoms with van der Waals surface area (Å²) in [4.78, 5) is 26.7. The molecule has 1 radical (unpaired) electrons. The Balaban J connectivity index is -0.0000000309. The maximum absolute atomic E-state index is 8.89. The Kier molecular flexibility index (Phi) is 99.8. The minimum absolute atomic E-state index is 0. The third-order valence-corrected chi connectivity index (χ3v) is 0.500. The second kappa shape index (κ2) is 57.0. The average Bonchev–Trinajstić information content (AvgIpc) is 2.45. The Hall–Kier alpha value is -1.30. The normalized spacial score (nSPS) is 6.60. The minimum atomic E-state index is -1.08. The molecule has 0 spiro atoms. The molecule has 0 aromatic carbocycles. The number of nitrogens with two attached hydrogens (primary N) is 6. The predicted molar refractivity (Wildman–Crippen MR) is 86.4 cm³/mol. The summed E-state index contributed by atoms with van der Waals surface area (Å²) in [6.07, 6.45) is 0. The van der Waals surface area contributed by atoms with E-state index in [2.05, 4.69) is 0 Å². The minimum Gasteiger partial charge on any atom is -0.550 e. The number of hydrogen-bond donors (Lipinski definition) is 6. The van der Waals surface area contributed by atoms with Gasteiger partial charge in [-0.3, -0.25) is 0 Å². The van der Waals surface area contributed by atoms with Gasteiger partial charge in [0.2, 0.25) is 0 Å². The number of hydrogen-bond acceptors (Lipinski definition) is 12. The monoisotopic (exact) mass is 409 g/mol. The number of carboxylic acid groups (broad SMARTS) is 3. The molecule has 0 aromatic rings. The topological polar surface area (TPSA) is 277 Å². The number of rotatable bonds is 3. The summed E-state index contributed by atoms with van der Waals surface area (Å²) in [7, 11) is 0. The zero-order valence-electron chi connectivity index (χ0n) is 15.1. The van der Waals surface area contributed by atoms with Crippen LogP contribution in [-0.2, 0) is 31.7 Å². The molecule has 0 aliphatic rings. The van der Waals surface area contributed by atoms with Crippen LogP contribution in [-0.4, -0.2) is 57.2 Å². The molecule has 153 valence electrons. The molecule has 0 atom stereocenters. The molecule has 0 aliphatic heterocycles. The van der Waals surface area contributed by atoms with Gasteiger partial charge in [-0.25, -0.2) is 0 Å². The summed E-state index contributed by atoms with van der Waals surface area (Å²) in [6.45, 7) is 6.50. The van der Waals surface area contributed by atoms with E-state index in [0.29, 0.717) is 39.3 Å². The third-order valence-electron chi connectivity index (χ3n) is 0.500. The van der Waals surface area contributed by atoms with Crippen LogP contribution in [0.5, 0.6) is 0 Å². The first-order chi connectivity index (χ1) is 10.9. The van der Waals surface area contributed by atoms with E-state index in [0.717, 1.165) is 20.8 Å². The van der Waals surface area contributed by atoms with Crippen molar-refractivity contribution in [3.63, 3.8) is 0 Å². The second-order valence-corrected chi connectivity index (χ2v) is 3.21. The van der Waals surface area contributed by atoms with E-state index in [9.17, 15) is 0 Å². The van der Waals surface area contributed by atoms with Gasteiger partial charge in [-0.05, 0) is 20.8 Å². The summed E-state index contributed by atoms with van der Waals surface area (Å²) in [6, 6.07) is 0. The van der Waals surface area contributed by atoms with Crippen molar-refractivity contribution in [3.8, 4) is 0 Å². The summed E-state index contributed by atoms with van der Waals surface area (Å²) in [5.74, 6) is -3.25. The Bertz CT molecular complexity index is 194. The van der Waals surface area contributed by atoms with Crippen LogP contribution in [0.15, 0.2) is 0 Å². The van der Waals surface area contributed by atoms with Gasteiger partial charge in [-0.2, -0.15) is 0 Å². The molecular weight excluding hydrogens is 376 g/mol. The maximum atomic E-state index is 8.89. The largest absolute Gasteiger partial charge is 3.00 e. The van der Waals surface area contributed by atoms with Crippen LogP contribution in [0.2, 0.25) is 0 Å². The van der Waals surface area contributed by atoms with Gasteiger partial charge in [0.1, 0.15) is 0 Å². The standard InChI is InChI=1S/3C2H8N2.3C2H4O2.Cr/c3*3-1-2-4;3*1-2(3)4;/h3*1-4H2;3*1H3,(H,3,4);/q;;;;;;+3/p-3. The molecule has 0 saturated carbocycles. The molecule has 0 fully saturated rings. The molecule has 0 amide bonds. The van der Waals surface area contributed by atoms with Crippen molar-refractivity contribution in [2.24, 2.45) is 34.4 Å². The van der Waals surface area contributed by atoms with Crippen LogP contribution in [0.4, 0.5) is 0 Å². The van der Waals surface area contributed by atoms with Gasteiger partial charge in [-0.15, -0.1) is 0 Å². The van der Waals surface area contributed by atoms with E-state index in [4.69, 9.17) is 64.1 Å². The molecule has 0 unspecified atom stereocenters. The van der Waals surface area contributed by atoms with Crippen molar-refractivity contribution < 1.29 is 47.1 Å². The van der Waals surface area contributed by atoms with Crippen molar-refractivity contribution in [2.45, 2.75) is 20.8 Å². The van der Waals surface area contributed by atoms with Crippen LogP contribution >= 0.6 is 0 Å². The summed E-state index contributed by atoms with van der Waals surface area (Å²) in [5.41, 5.74) is 29.4. The van der Waals surface area contributed by atoms with Crippen molar-refractivity contribution in [1.82, 2.24) is 0 Å². The van der Waals surface area contributed by atoms with E-state index in [1.165, 1.54) is 0 Å². The molecule has 12 nitrogen and oxygen atoms in total. The first-order valence-corrected chi connectivity index (χ1v) is 6.67. The maximum Gasteiger partial charge on any atom is 3.00 e. The van der Waals surface area contributed by atoms with E-state index in [1.807, 2.05) is 0 Å². The molecular formula is C12H33CrN6O6. The van der Waals surface area contributed by atoms with Gasteiger partial charge in [0.25, 0.3) is 0 Å². The van der Waals surface area contributed by atoms with Crippen molar-refractivity contribution in [1.29, 1.82) is 0 Å². The molecule has 0 heterocycles. The van der Waals surface area contributed by atoms with E-state index in [-0.39, 0.29) is 17.4 Å². The third kappa shape index (κ3) is 3360. The number of carbonyl (C=O) groups is 3. The smallest absolute Gasteiger partial charge is 0.550 e. The molecule has 13 heteroatoms. The Morgan fingerprint density at radius 1 is 0.520 bits per heavy atom. The second-order valence-electron chi connectivity index (χ2n) is 3.21. The summed E-state index contributed by atoms with van der Waals surface area (Å²) < 4.78 is 0. The summed E-state index contributed by atoms with van der Waals surface area (Å²) in [5, 5.41) is 26.7. The Morgan fingerprint density at radius 3 is 0.560 bits per heavy atom. The quantitative estimate of drug-likeness (QED) is 0.253. The SMILES string of the molecule is CC(=O)[O-].CC(=O)[O-].CC(=O)[O-].NCCN.NCCN.NCCN.[Cr+3]. The van der Waals surface area contributed by atoms with Gasteiger partial charge in [0, 0.05) is 57.2 Å². The number of carboxylic acids is 3. The fourth-order valence-electron chi connectivity index (χ4n) is 0. The molecule has 0 saturated heterocycles. The van der Waals surface area contributed by atoms with Crippen molar-refractivity contribution in [3.05, 3.63) is 0 Å². The first-order valence-electron chi connectivity index (χ1n) is 6.67. The Morgan fingerprint density at radius 2 is 0.560 bits per heavy atom. The average molecular weight is 409 g/mol. The van der Waals surface area contributed by atoms with Gasteiger partial charge in [0.15, 0.2) is 0 Å². The molecule has 0 bridgehead atoms. The fourth-order valence-corrected chi connectivity index (χ4v) is 0. The number of aliphatic carboxylic acids is 3. The van der Waals surface area contributed by atoms with Gasteiger partial charge in [0.05, 0.1) is 0 Å². The molecule has 12 N–H and O–H groups in total. The van der Waals surface area contributed by atoms with Crippen molar-refractivity contribution in [2.75, 3.05) is 39.3 Å². The fraction of sp³-hybridized carbons (Fsp3) is 0.750. The molecule has 25 heavy (non-hydrogen) atoms. The van der Waals surface area contributed by atoms with Crippen LogP contribution in [0.3, 0.4) is 0 Å². The van der Waals surface area contributed by atoms with Crippen molar-refractivity contribution >= 4 is 17.9 Å². The van der Waals surface area contributed by atoms with E-state index < -0.39 is 17.9 Å². The predicted octanol–water partition coefficient (Wildman–Crippen LogP) is -7.02. The summed E-state index contributed by atoms with van der Waals surface area (Å²) >= 11 is 0. The zero-order chi connectivity index (χ0) is 21.0. The van der Waals surface area contributed by atoms with Gasteiger partial charge in [-0.1, -0.05) is 0 Å². The van der Waals surface area contributed by atoms with Crippen LogP contribution in [0.1, 0.15) is 20.8 Å². The first kappa shape index (κ1) is 43.8.